The van der Waals surface area contributed by atoms with Gasteiger partial charge in [0.15, 0.2) is 11.7 Å². The van der Waals surface area contributed by atoms with Gasteiger partial charge in [-0.1, -0.05) is 36.4 Å². The van der Waals surface area contributed by atoms with Crippen LogP contribution in [0.3, 0.4) is 0 Å². The molecule has 3 N–H and O–H groups in total. The van der Waals surface area contributed by atoms with Gasteiger partial charge in [0.05, 0.1) is 23.5 Å². The lowest BCUT2D eigenvalue weighted by Crippen LogP contribution is -2.29. The van der Waals surface area contributed by atoms with Gasteiger partial charge in [-0.2, -0.15) is 0 Å². The number of benzene rings is 3. The van der Waals surface area contributed by atoms with Crippen LogP contribution in [0.2, 0.25) is 0 Å². The van der Waals surface area contributed by atoms with Crippen LogP contribution in [0.15, 0.2) is 109 Å². The second-order valence-corrected chi connectivity index (χ2v) is 10.7. The van der Waals surface area contributed by atoms with Crippen molar-refractivity contribution in [3.05, 3.63) is 132 Å². The van der Waals surface area contributed by atoms with E-state index in [9.17, 15) is 9.90 Å². The van der Waals surface area contributed by atoms with Crippen LogP contribution in [0.5, 0.6) is 11.5 Å². The standard InChI is InChI=1S/C34H31N5O3S/c1-22-20-27(23(2)38(22)29-13-6-7-14-30(29)40)33-32(28-12-8-9-19-35-28)37-34(43)39(33)25-17-15-24(16-18-25)36-31(41)21-42-26-10-4-3-5-11-26/h3-20,32-33,40H,21H2,1-2H3,(H,36,41)(H,37,43)/t32-,33-/m0/s1. The molecule has 0 spiro atoms. The molecule has 3 aromatic carbocycles. The molecular weight excluding hydrogens is 558 g/mol. The van der Waals surface area contributed by atoms with Crippen LogP contribution in [-0.4, -0.2) is 32.3 Å². The molecule has 1 fully saturated rings. The number of amides is 1. The van der Waals surface area contributed by atoms with Crippen molar-refractivity contribution >= 4 is 34.6 Å². The van der Waals surface area contributed by atoms with E-state index in [1.54, 1.807) is 12.3 Å². The maximum absolute atomic E-state index is 12.5. The highest BCUT2D eigenvalue weighted by atomic mass is 32.1. The molecule has 216 valence electrons. The summed E-state index contributed by atoms with van der Waals surface area (Å²) in [5.74, 6) is 0.596. The summed E-state index contributed by atoms with van der Waals surface area (Å²) in [6.45, 7) is 4.00. The molecule has 9 heteroatoms. The molecule has 1 aliphatic heterocycles. The van der Waals surface area contributed by atoms with Crippen LogP contribution < -0.4 is 20.3 Å². The van der Waals surface area contributed by atoms with Gasteiger partial charge in [-0.25, -0.2) is 0 Å². The number of ether oxygens (including phenoxy) is 1. The van der Waals surface area contributed by atoms with Crippen molar-refractivity contribution in [2.24, 2.45) is 0 Å². The number of nitrogens with zero attached hydrogens (tertiary/aromatic N) is 3. The Bertz CT molecular complexity index is 1760. The number of aromatic hydroxyl groups is 1. The van der Waals surface area contributed by atoms with E-state index in [2.05, 4.69) is 38.1 Å². The van der Waals surface area contributed by atoms with E-state index in [1.807, 2.05) is 97.9 Å². The predicted molar refractivity (Wildman–Crippen MR) is 172 cm³/mol. The number of nitrogens with one attached hydrogen (secondary N) is 2. The van der Waals surface area contributed by atoms with E-state index in [0.29, 0.717) is 16.5 Å². The summed E-state index contributed by atoms with van der Waals surface area (Å²) in [7, 11) is 0. The molecule has 8 nitrogen and oxygen atoms in total. The van der Waals surface area contributed by atoms with Gasteiger partial charge in [-0.15, -0.1) is 0 Å². The molecule has 3 heterocycles. The topological polar surface area (TPSA) is 91.7 Å². The minimum atomic E-state index is -0.250. The normalized spacial score (nSPS) is 16.1. The number of phenols is 1. The highest BCUT2D eigenvalue weighted by molar-refractivity contribution is 7.80. The van der Waals surface area contributed by atoms with Crippen LogP contribution in [0.25, 0.3) is 5.69 Å². The SMILES string of the molecule is Cc1cc([C@H]2[C@H](c3ccccn3)NC(=S)N2c2ccc(NC(=O)COc3ccccc3)cc2)c(C)n1-c1ccccc1O. The average molecular weight is 590 g/mol. The first-order valence-corrected chi connectivity index (χ1v) is 14.4. The third kappa shape index (κ3) is 5.67. The number of carbonyl (C=O) groups is 1. The third-order valence-corrected chi connectivity index (χ3v) is 7.87. The molecule has 2 atom stereocenters. The van der Waals surface area contributed by atoms with Crippen LogP contribution in [-0.2, 0) is 4.79 Å². The highest BCUT2D eigenvalue weighted by Crippen LogP contribution is 2.44. The second kappa shape index (κ2) is 12.0. The summed E-state index contributed by atoms with van der Waals surface area (Å²) in [6, 6.07) is 31.7. The Morgan fingerprint density at radius 3 is 2.42 bits per heavy atom. The Kier molecular flexibility index (Phi) is 7.81. The molecule has 0 bridgehead atoms. The summed E-state index contributed by atoms with van der Waals surface area (Å²) in [5, 5.41) is 17.6. The summed E-state index contributed by atoms with van der Waals surface area (Å²) in [5.41, 5.74) is 6.14. The van der Waals surface area contributed by atoms with Crippen molar-refractivity contribution in [3.8, 4) is 17.2 Å². The number of pyridine rings is 1. The zero-order valence-corrected chi connectivity index (χ0v) is 24.6. The van der Waals surface area contributed by atoms with Crippen molar-refractivity contribution in [1.29, 1.82) is 0 Å². The number of phenolic OH excluding ortho intramolecular Hbond substituents is 1. The van der Waals surface area contributed by atoms with E-state index >= 15 is 0 Å². The molecular formula is C34H31N5O3S. The van der Waals surface area contributed by atoms with Crippen molar-refractivity contribution in [3.63, 3.8) is 0 Å². The first-order chi connectivity index (χ1) is 20.9. The average Bonchev–Trinajstić information content (AvgIpc) is 3.52. The first-order valence-electron chi connectivity index (χ1n) is 14.0. The Labute approximate surface area is 255 Å². The summed E-state index contributed by atoms with van der Waals surface area (Å²) < 4.78 is 7.63. The maximum atomic E-state index is 12.5. The molecule has 1 amide bonds. The number of aromatic nitrogens is 2. The minimum Gasteiger partial charge on any atom is -0.506 e. The van der Waals surface area contributed by atoms with E-state index in [-0.39, 0.29) is 30.3 Å². The molecule has 1 aliphatic rings. The van der Waals surface area contributed by atoms with E-state index in [1.165, 1.54) is 0 Å². The number of carbonyl (C=O) groups excluding carboxylic acids is 1. The van der Waals surface area contributed by atoms with Gasteiger partial charge in [-0.05, 0) is 98.4 Å². The lowest BCUT2D eigenvalue weighted by molar-refractivity contribution is -0.118. The molecule has 0 saturated carbocycles. The van der Waals surface area contributed by atoms with Gasteiger partial charge < -0.3 is 29.9 Å². The summed E-state index contributed by atoms with van der Waals surface area (Å²) in [6.07, 6.45) is 1.78. The third-order valence-electron chi connectivity index (χ3n) is 7.55. The van der Waals surface area contributed by atoms with E-state index < -0.39 is 0 Å². The Balaban J connectivity index is 1.31. The van der Waals surface area contributed by atoms with Gasteiger partial charge >= 0.3 is 0 Å². The van der Waals surface area contributed by atoms with Crippen molar-refractivity contribution in [1.82, 2.24) is 14.9 Å². The van der Waals surface area contributed by atoms with E-state index in [4.69, 9.17) is 17.0 Å². The van der Waals surface area contributed by atoms with Gasteiger partial charge in [-0.3, -0.25) is 9.78 Å². The number of thiocarbonyl (C=S) groups is 1. The van der Waals surface area contributed by atoms with Crippen LogP contribution in [0.1, 0.15) is 34.7 Å². The molecule has 1 saturated heterocycles. The molecule has 2 aromatic heterocycles. The fourth-order valence-corrected chi connectivity index (χ4v) is 5.97. The lowest BCUT2D eigenvalue weighted by atomic mass is 9.96. The lowest BCUT2D eigenvalue weighted by Gasteiger charge is -2.28. The molecule has 0 radical (unpaired) electrons. The maximum Gasteiger partial charge on any atom is 0.262 e. The molecule has 5 aromatic rings. The second-order valence-electron chi connectivity index (χ2n) is 10.3. The summed E-state index contributed by atoms with van der Waals surface area (Å²) >= 11 is 5.91. The quantitative estimate of drug-likeness (QED) is 0.181. The molecule has 43 heavy (non-hydrogen) atoms. The Hall–Kier alpha value is -5.15. The number of anilines is 2. The summed E-state index contributed by atoms with van der Waals surface area (Å²) in [4.78, 5) is 19.3. The number of hydrogen-bond acceptors (Lipinski definition) is 5. The van der Waals surface area contributed by atoms with Crippen molar-refractivity contribution < 1.29 is 14.6 Å². The Morgan fingerprint density at radius 1 is 0.977 bits per heavy atom. The largest absolute Gasteiger partial charge is 0.506 e. The van der Waals surface area contributed by atoms with Crippen molar-refractivity contribution in [2.45, 2.75) is 25.9 Å². The van der Waals surface area contributed by atoms with Gasteiger partial charge in [0.25, 0.3) is 5.91 Å². The first kappa shape index (κ1) is 28.0. The molecule has 0 aliphatic carbocycles. The highest BCUT2D eigenvalue weighted by Gasteiger charge is 2.42. The van der Waals surface area contributed by atoms with Gasteiger partial charge in [0.2, 0.25) is 0 Å². The van der Waals surface area contributed by atoms with Gasteiger partial charge in [0.1, 0.15) is 11.5 Å². The number of para-hydroxylation sites is 3. The number of rotatable bonds is 8. The Morgan fingerprint density at radius 2 is 1.70 bits per heavy atom. The zero-order chi connectivity index (χ0) is 29.9. The zero-order valence-electron chi connectivity index (χ0n) is 23.8. The van der Waals surface area contributed by atoms with E-state index in [0.717, 1.165) is 34.0 Å². The minimum absolute atomic E-state index is 0.0910. The molecule has 0 unspecified atom stereocenters. The van der Waals surface area contributed by atoms with Crippen LogP contribution in [0, 0.1) is 13.8 Å². The number of aryl methyl sites for hydroxylation is 1. The van der Waals surface area contributed by atoms with Crippen LogP contribution >= 0.6 is 12.2 Å². The fraction of sp³-hybridized carbons (Fsp3) is 0.147. The predicted octanol–water partition coefficient (Wildman–Crippen LogP) is 6.39. The smallest absolute Gasteiger partial charge is 0.262 e. The fourth-order valence-electron chi connectivity index (χ4n) is 5.63. The van der Waals surface area contributed by atoms with Crippen LogP contribution in [0.4, 0.5) is 11.4 Å². The van der Waals surface area contributed by atoms with Crippen molar-refractivity contribution in [2.75, 3.05) is 16.8 Å². The molecule has 6 rings (SSSR count). The monoisotopic (exact) mass is 589 g/mol. The van der Waals surface area contributed by atoms with Gasteiger partial charge in [0, 0.05) is 29.0 Å². The number of hydrogen-bond donors (Lipinski definition) is 3.